The summed E-state index contributed by atoms with van der Waals surface area (Å²) in [6.45, 7) is 0. The SMILES string of the molecule is Cn1ccc(-c2nccs2)n1.Cn1nc(-c2nccs2)cc1B(O)O.c1cc(-c2nccs2)[nH]n1. The van der Waals surface area contributed by atoms with Crippen LogP contribution in [-0.2, 0) is 14.1 Å². The van der Waals surface area contributed by atoms with Gasteiger partial charge in [-0.2, -0.15) is 15.3 Å². The van der Waals surface area contributed by atoms with Crippen LogP contribution >= 0.6 is 34.0 Å². The molecule has 0 atom stereocenters. The van der Waals surface area contributed by atoms with Gasteiger partial charge in [0, 0.05) is 61.2 Å². The van der Waals surface area contributed by atoms with Crippen LogP contribution in [0, 0.1) is 0 Å². The van der Waals surface area contributed by atoms with Gasteiger partial charge in [-0.1, -0.05) is 0 Å². The number of aryl methyl sites for hydroxylation is 2. The Hall–Kier alpha value is -3.50. The highest BCUT2D eigenvalue weighted by molar-refractivity contribution is 7.13. The summed E-state index contributed by atoms with van der Waals surface area (Å²) in [5.41, 5.74) is 2.94. The average Bonchev–Trinajstić information content (AvgIpc) is 3.65. The number of thiazole rings is 3. The Balaban J connectivity index is 0.000000126. The van der Waals surface area contributed by atoms with E-state index in [1.807, 2.05) is 41.5 Å². The zero-order chi connectivity index (χ0) is 24.6. The minimum atomic E-state index is -1.50. The molecule has 6 aromatic rings. The molecule has 0 saturated carbocycles. The van der Waals surface area contributed by atoms with Crippen LogP contribution in [0.4, 0.5) is 0 Å². The van der Waals surface area contributed by atoms with E-state index in [0.717, 1.165) is 26.4 Å². The number of rotatable bonds is 4. The van der Waals surface area contributed by atoms with E-state index >= 15 is 0 Å². The standard InChI is InChI=1S/C7H8BN3O2S.C7H7N3S.C6H5N3S/c1-11-6(8(12)13)4-5(10-11)7-9-2-3-14-7;1-10-4-2-6(9-10)7-8-3-5-11-7;1-2-8-9-5(1)6-7-3-4-10-6/h2-4,12-13H,1H3;2-5H,1H3;1-4H,(H,8,9). The Morgan fingerprint density at radius 3 is 1.89 bits per heavy atom. The number of hydrogen-bond acceptors (Lipinski definition) is 11. The second-order valence-corrected chi connectivity index (χ2v) is 9.49. The van der Waals surface area contributed by atoms with Crippen molar-refractivity contribution in [2.24, 2.45) is 14.1 Å². The molecule has 6 aromatic heterocycles. The average molecular weight is 525 g/mol. The van der Waals surface area contributed by atoms with E-state index in [4.69, 9.17) is 10.0 Å². The summed E-state index contributed by atoms with van der Waals surface area (Å²) in [6.07, 6.45) is 8.88. The van der Waals surface area contributed by atoms with Crippen molar-refractivity contribution in [3.8, 4) is 32.1 Å². The molecule has 0 saturated heterocycles. The van der Waals surface area contributed by atoms with Gasteiger partial charge in [0.15, 0.2) is 0 Å². The summed E-state index contributed by atoms with van der Waals surface area (Å²) in [7, 11) is 2.06. The molecule has 3 N–H and O–H groups in total. The number of H-pyrrole nitrogens is 1. The van der Waals surface area contributed by atoms with Crippen molar-refractivity contribution in [3.05, 3.63) is 65.3 Å². The van der Waals surface area contributed by atoms with Gasteiger partial charge in [-0.05, 0) is 18.2 Å². The van der Waals surface area contributed by atoms with Crippen molar-refractivity contribution < 1.29 is 10.0 Å². The highest BCUT2D eigenvalue weighted by Gasteiger charge is 2.18. The lowest BCUT2D eigenvalue weighted by Gasteiger charge is -1.96. The second kappa shape index (κ2) is 11.8. The molecule has 35 heavy (non-hydrogen) atoms. The molecule has 0 aliphatic heterocycles. The molecule has 0 spiro atoms. The second-order valence-electron chi connectivity index (χ2n) is 6.81. The normalized spacial score (nSPS) is 10.3. The van der Waals surface area contributed by atoms with E-state index in [0.29, 0.717) is 11.3 Å². The maximum Gasteiger partial charge on any atom is 0.507 e. The topological polar surface area (TPSA) is 143 Å². The molecule has 0 fully saturated rings. The highest BCUT2D eigenvalue weighted by Crippen LogP contribution is 2.19. The van der Waals surface area contributed by atoms with Crippen molar-refractivity contribution in [1.82, 2.24) is 44.7 Å². The molecule has 0 radical (unpaired) electrons. The van der Waals surface area contributed by atoms with Crippen LogP contribution in [0.1, 0.15) is 0 Å². The summed E-state index contributed by atoms with van der Waals surface area (Å²) in [5, 5.41) is 41.4. The van der Waals surface area contributed by atoms with Gasteiger partial charge in [-0.3, -0.25) is 14.5 Å². The molecule has 6 heterocycles. The third kappa shape index (κ3) is 6.55. The van der Waals surface area contributed by atoms with Gasteiger partial charge >= 0.3 is 7.12 Å². The van der Waals surface area contributed by atoms with E-state index in [1.165, 1.54) is 16.0 Å². The van der Waals surface area contributed by atoms with Gasteiger partial charge in [-0.15, -0.1) is 34.0 Å². The molecule has 0 unspecified atom stereocenters. The van der Waals surface area contributed by atoms with E-state index < -0.39 is 7.12 Å². The van der Waals surface area contributed by atoms with Gasteiger partial charge < -0.3 is 10.0 Å². The first-order chi connectivity index (χ1) is 17.0. The predicted octanol–water partition coefficient (Wildman–Crippen LogP) is 2.30. The highest BCUT2D eigenvalue weighted by atomic mass is 32.1. The van der Waals surface area contributed by atoms with Crippen LogP contribution in [0.5, 0.6) is 0 Å². The van der Waals surface area contributed by atoms with Crippen LogP contribution < -0.4 is 5.59 Å². The van der Waals surface area contributed by atoms with Crippen molar-refractivity contribution in [1.29, 1.82) is 0 Å². The fourth-order valence-electron chi connectivity index (χ4n) is 2.79. The number of hydrogen-bond donors (Lipinski definition) is 3. The molecular weight excluding hydrogens is 505 g/mol. The molecule has 0 aromatic carbocycles. The van der Waals surface area contributed by atoms with Gasteiger partial charge in [0.1, 0.15) is 26.4 Å². The summed E-state index contributed by atoms with van der Waals surface area (Å²) in [5.74, 6) is 0. The van der Waals surface area contributed by atoms with Crippen LogP contribution in [0.3, 0.4) is 0 Å². The molecule has 178 valence electrons. The van der Waals surface area contributed by atoms with E-state index in [2.05, 4.69) is 35.3 Å². The maximum atomic E-state index is 8.99. The monoisotopic (exact) mass is 525 g/mol. The number of nitrogens with zero attached hydrogens (tertiary/aromatic N) is 8. The Morgan fingerprint density at radius 2 is 1.43 bits per heavy atom. The Morgan fingerprint density at radius 1 is 0.800 bits per heavy atom. The Labute approximate surface area is 212 Å². The lowest BCUT2D eigenvalue weighted by molar-refractivity contribution is 0.421. The number of aromatic nitrogens is 9. The van der Waals surface area contributed by atoms with E-state index in [9.17, 15) is 0 Å². The first-order valence-electron chi connectivity index (χ1n) is 10.1. The van der Waals surface area contributed by atoms with Crippen molar-refractivity contribution in [2.75, 3.05) is 0 Å². The number of aromatic amines is 1. The van der Waals surface area contributed by atoms with Gasteiger partial charge in [0.05, 0.1) is 11.3 Å². The summed E-state index contributed by atoms with van der Waals surface area (Å²) >= 11 is 4.66. The van der Waals surface area contributed by atoms with E-state index in [1.54, 1.807) is 65.3 Å². The molecule has 0 bridgehead atoms. The van der Waals surface area contributed by atoms with Gasteiger partial charge in [0.2, 0.25) is 0 Å². The van der Waals surface area contributed by atoms with Crippen LogP contribution in [0.2, 0.25) is 0 Å². The van der Waals surface area contributed by atoms with Crippen LogP contribution in [0.15, 0.2) is 65.3 Å². The zero-order valence-electron chi connectivity index (χ0n) is 18.6. The van der Waals surface area contributed by atoms with E-state index in [-0.39, 0.29) is 0 Å². The third-order valence-electron chi connectivity index (χ3n) is 4.36. The molecule has 0 amide bonds. The largest absolute Gasteiger partial charge is 0.507 e. The number of nitrogens with one attached hydrogen (secondary N) is 1. The smallest absolute Gasteiger partial charge is 0.422 e. The van der Waals surface area contributed by atoms with Crippen molar-refractivity contribution in [3.63, 3.8) is 0 Å². The van der Waals surface area contributed by atoms with Crippen LogP contribution in [0.25, 0.3) is 32.1 Å². The molecular formula is C20H20BN9O2S3. The molecule has 6 rings (SSSR count). The van der Waals surface area contributed by atoms with Gasteiger partial charge in [-0.25, -0.2) is 15.0 Å². The lowest BCUT2D eigenvalue weighted by atomic mass is 9.86. The first-order valence-corrected chi connectivity index (χ1v) is 12.7. The quantitative estimate of drug-likeness (QED) is 0.298. The maximum absolute atomic E-state index is 8.99. The fourth-order valence-corrected chi connectivity index (χ4v) is 4.60. The molecule has 0 aliphatic carbocycles. The van der Waals surface area contributed by atoms with Crippen molar-refractivity contribution >= 4 is 46.7 Å². The summed E-state index contributed by atoms with van der Waals surface area (Å²) in [6, 6.07) is 5.47. The minimum Gasteiger partial charge on any atom is -0.422 e. The summed E-state index contributed by atoms with van der Waals surface area (Å²) in [4.78, 5) is 12.3. The molecule has 11 nitrogen and oxygen atoms in total. The Kier molecular flexibility index (Phi) is 8.28. The molecule has 15 heteroatoms. The fraction of sp³-hybridized carbons (Fsp3) is 0.100. The minimum absolute atomic E-state index is 0.357. The van der Waals surface area contributed by atoms with Gasteiger partial charge in [0.25, 0.3) is 0 Å². The summed E-state index contributed by atoms with van der Waals surface area (Å²) < 4.78 is 3.21. The molecule has 0 aliphatic rings. The zero-order valence-corrected chi connectivity index (χ0v) is 21.1. The third-order valence-corrected chi connectivity index (χ3v) is 6.76. The predicted molar refractivity (Wildman–Crippen MR) is 138 cm³/mol. The first kappa shape index (κ1) is 24.6. The lowest BCUT2D eigenvalue weighted by Crippen LogP contribution is -2.35. The Bertz CT molecular complexity index is 1360. The van der Waals surface area contributed by atoms with Crippen molar-refractivity contribution in [2.45, 2.75) is 0 Å². The van der Waals surface area contributed by atoms with Crippen LogP contribution in [-0.4, -0.2) is 61.9 Å².